The molecule has 0 radical (unpaired) electrons. The minimum Gasteiger partial charge on any atom is -0.399 e. The standard InChI is InChI=1S/C26H31BFN3O3S/c1-16-15-35-21-10-12-30-23(22(16)21)31(18-7-6-11-29-14-18)24(32)19-9-8-17(13-20(19)28)27-33-25(2,3)26(4,5)34-27/h8-10,12-13,15,18,29H,6-7,11,14H2,1-5H3/t18-/m1/s1. The van der Waals surface area contributed by atoms with Crippen molar-refractivity contribution in [2.45, 2.75) is 64.7 Å². The van der Waals surface area contributed by atoms with E-state index in [-0.39, 0.29) is 17.5 Å². The van der Waals surface area contributed by atoms with Gasteiger partial charge >= 0.3 is 7.12 Å². The number of pyridine rings is 1. The maximum absolute atomic E-state index is 15.5. The first-order valence-corrected chi connectivity index (χ1v) is 13.0. The predicted octanol–water partition coefficient (Wildman–Crippen LogP) is 4.44. The second-order valence-electron chi connectivity index (χ2n) is 10.4. The molecule has 184 valence electrons. The molecular weight excluding hydrogens is 464 g/mol. The average molecular weight is 495 g/mol. The van der Waals surface area contributed by atoms with Crippen LogP contribution in [0.2, 0.25) is 0 Å². The van der Waals surface area contributed by atoms with Crippen LogP contribution in [0, 0.1) is 12.7 Å². The molecule has 2 fully saturated rings. The topological polar surface area (TPSA) is 63.7 Å². The van der Waals surface area contributed by atoms with Gasteiger partial charge in [-0.2, -0.15) is 0 Å². The Bertz CT molecular complexity index is 1260. The van der Waals surface area contributed by atoms with Crippen LogP contribution >= 0.6 is 11.3 Å². The quantitative estimate of drug-likeness (QED) is 0.543. The molecule has 0 saturated carbocycles. The molecule has 5 rings (SSSR count). The number of anilines is 1. The van der Waals surface area contributed by atoms with E-state index in [1.165, 1.54) is 6.07 Å². The highest BCUT2D eigenvalue weighted by molar-refractivity contribution is 7.17. The number of benzene rings is 1. The van der Waals surface area contributed by atoms with E-state index in [1.807, 2.05) is 40.7 Å². The molecule has 0 bridgehead atoms. The van der Waals surface area contributed by atoms with Crippen molar-refractivity contribution in [2.75, 3.05) is 18.0 Å². The lowest BCUT2D eigenvalue weighted by Gasteiger charge is -2.34. The molecule has 2 aliphatic heterocycles. The molecule has 6 nitrogen and oxygen atoms in total. The molecule has 1 aromatic carbocycles. The van der Waals surface area contributed by atoms with Crippen molar-refractivity contribution in [2.24, 2.45) is 0 Å². The van der Waals surface area contributed by atoms with Gasteiger partial charge in [0.1, 0.15) is 11.6 Å². The maximum atomic E-state index is 15.5. The molecule has 0 aliphatic carbocycles. The fourth-order valence-electron chi connectivity index (χ4n) is 4.75. The Balaban J connectivity index is 1.52. The highest BCUT2D eigenvalue weighted by Crippen LogP contribution is 2.37. The summed E-state index contributed by atoms with van der Waals surface area (Å²) in [6.45, 7) is 11.4. The lowest BCUT2D eigenvalue weighted by Crippen LogP contribution is -2.49. The van der Waals surface area contributed by atoms with Gasteiger partial charge in [-0.05, 0) is 88.6 Å². The number of amides is 1. The zero-order valence-corrected chi connectivity index (χ0v) is 21.7. The van der Waals surface area contributed by atoms with Crippen molar-refractivity contribution in [1.82, 2.24) is 10.3 Å². The number of aryl methyl sites for hydroxylation is 1. The summed E-state index contributed by atoms with van der Waals surface area (Å²) in [5.74, 6) is -0.387. The molecule has 9 heteroatoms. The number of hydrogen-bond acceptors (Lipinski definition) is 6. The number of hydrogen-bond donors (Lipinski definition) is 1. The third kappa shape index (κ3) is 4.29. The number of carbonyl (C=O) groups excluding carboxylic acids is 1. The molecular formula is C26H31BFN3O3S. The van der Waals surface area contributed by atoms with Crippen LogP contribution in [0.4, 0.5) is 10.2 Å². The summed E-state index contributed by atoms with van der Waals surface area (Å²) in [5.41, 5.74) is 0.568. The largest absolute Gasteiger partial charge is 0.494 e. The van der Waals surface area contributed by atoms with Crippen molar-refractivity contribution in [3.05, 3.63) is 52.8 Å². The van der Waals surface area contributed by atoms with Crippen LogP contribution in [0.3, 0.4) is 0 Å². The summed E-state index contributed by atoms with van der Waals surface area (Å²) in [6.07, 6.45) is 3.49. The Morgan fingerprint density at radius 3 is 2.63 bits per heavy atom. The van der Waals surface area contributed by atoms with E-state index < -0.39 is 24.1 Å². The highest BCUT2D eigenvalue weighted by Gasteiger charge is 2.51. The summed E-state index contributed by atoms with van der Waals surface area (Å²) in [4.78, 5) is 20.3. The third-order valence-corrected chi connectivity index (χ3v) is 8.55. The minimum atomic E-state index is -0.693. The van der Waals surface area contributed by atoms with Gasteiger partial charge in [-0.25, -0.2) is 9.37 Å². The average Bonchev–Trinajstić information content (AvgIpc) is 3.30. The molecule has 1 N–H and O–H groups in total. The van der Waals surface area contributed by atoms with Crippen LogP contribution in [-0.4, -0.2) is 48.3 Å². The van der Waals surface area contributed by atoms with Crippen LogP contribution in [0.1, 0.15) is 56.5 Å². The molecule has 0 unspecified atom stereocenters. The maximum Gasteiger partial charge on any atom is 0.494 e. The number of piperidine rings is 1. The van der Waals surface area contributed by atoms with Gasteiger partial charge in [-0.3, -0.25) is 9.69 Å². The smallest absolute Gasteiger partial charge is 0.399 e. The Kier molecular flexibility index (Phi) is 6.24. The van der Waals surface area contributed by atoms with E-state index in [2.05, 4.69) is 15.7 Å². The predicted molar refractivity (Wildman–Crippen MR) is 139 cm³/mol. The minimum absolute atomic E-state index is 0.0162. The molecule has 2 aliphatic rings. The molecule has 4 heterocycles. The van der Waals surface area contributed by atoms with Crippen molar-refractivity contribution in [1.29, 1.82) is 0 Å². The summed E-state index contributed by atoms with van der Waals surface area (Å²) in [5, 5.41) is 6.39. The molecule has 1 atom stereocenters. The first-order chi connectivity index (χ1) is 16.6. The number of rotatable bonds is 4. The van der Waals surface area contributed by atoms with E-state index in [0.29, 0.717) is 17.8 Å². The molecule has 2 aromatic heterocycles. The van der Waals surface area contributed by atoms with Gasteiger partial charge in [0.2, 0.25) is 0 Å². The van der Waals surface area contributed by atoms with Crippen LogP contribution in [0.15, 0.2) is 35.8 Å². The zero-order chi connectivity index (χ0) is 25.0. The normalized spacial score (nSPS) is 21.4. The fraction of sp³-hybridized carbons (Fsp3) is 0.462. The van der Waals surface area contributed by atoms with Crippen LogP contribution in [0.25, 0.3) is 10.1 Å². The van der Waals surface area contributed by atoms with Crippen LogP contribution in [0.5, 0.6) is 0 Å². The van der Waals surface area contributed by atoms with E-state index in [9.17, 15) is 4.79 Å². The van der Waals surface area contributed by atoms with E-state index >= 15 is 4.39 Å². The SMILES string of the molecule is Cc1csc2ccnc(N(C(=O)c3ccc(B4OC(C)(C)C(C)(C)O4)cc3F)[C@@H]3CCCNC3)c12. The number of halogens is 1. The number of fused-ring (bicyclic) bond motifs is 1. The first kappa shape index (κ1) is 24.4. The summed E-state index contributed by atoms with van der Waals surface area (Å²) in [7, 11) is -0.693. The Morgan fingerprint density at radius 1 is 1.23 bits per heavy atom. The highest BCUT2D eigenvalue weighted by atomic mass is 32.1. The Labute approximate surface area is 210 Å². The molecule has 0 spiro atoms. The second kappa shape index (κ2) is 8.96. The van der Waals surface area contributed by atoms with Crippen molar-refractivity contribution >= 4 is 45.7 Å². The van der Waals surface area contributed by atoms with Gasteiger partial charge in [-0.1, -0.05) is 6.07 Å². The number of thiophene rings is 1. The van der Waals surface area contributed by atoms with Crippen LogP contribution in [-0.2, 0) is 9.31 Å². The Hall–Kier alpha value is -2.33. The Morgan fingerprint density at radius 2 is 1.97 bits per heavy atom. The summed E-state index contributed by atoms with van der Waals surface area (Å²) in [6, 6.07) is 6.46. The number of aromatic nitrogens is 1. The number of carbonyl (C=O) groups is 1. The summed E-state index contributed by atoms with van der Waals surface area (Å²) >= 11 is 1.62. The summed E-state index contributed by atoms with van der Waals surface area (Å²) < 4.78 is 28.7. The van der Waals surface area contributed by atoms with Crippen LogP contribution < -0.4 is 15.7 Å². The van der Waals surface area contributed by atoms with Gasteiger partial charge in [0, 0.05) is 22.8 Å². The molecule has 2 saturated heterocycles. The molecule has 1 amide bonds. The molecule has 3 aromatic rings. The second-order valence-corrected chi connectivity index (χ2v) is 11.3. The fourth-order valence-corrected chi connectivity index (χ4v) is 5.68. The lowest BCUT2D eigenvalue weighted by molar-refractivity contribution is 0.00578. The van der Waals surface area contributed by atoms with E-state index in [1.54, 1.807) is 34.6 Å². The van der Waals surface area contributed by atoms with Gasteiger partial charge in [0.05, 0.1) is 22.8 Å². The van der Waals surface area contributed by atoms with Gasteiger partial charge in [0.25, 0.3) is 5.91 Å². The van der Waals surface area contributed by atoms with Crippen molar-refractivity contribution < 1.29 is 18.5 Å². The number of nitrogens with one attached hydrogen (secondary N) is 1. The zero-order valence-electron chi connectivity index (χ0n) is 20.9. The monoisotopic (exact) mass is 495 g/mol. The molecule has 35 heavy (non-hydrogen) atoms. The van der Waals surface area contributed by atoms with Crippen molar-refractivity contribution in [3.63, 3.8) is 0 Å². The van der Waals surface area contributed by atoms with E-state index in [4.69, 9.17) is 9.31 Å². The van der Waals surface area contributed by atoms with E-state index in [0.717, 1.165) is 35.0 Å². The number of nitrogens with zero attached hydrogens (tertiary/aromatic N) is 2. The van der Waals surface area contributed by atoms with Gasteiger partial charge < -0.3 is 14.6 Å². The van der Waals surface area contributed by atoms with Crippen molar-refractivity contribution in [3.8, 4) is 0 Å². The van der Waals surface area contributed by atoms with Gasteiger partial charge in [0.15, 0.2) is 0 Å². The first-order valence-electron chi connectivity index (χ1n) is 12.1. The lowest BCUT2D eigenvalue weighted by atomic mass is 9.78. The van der Waals surface area contributed by atoms with Gasteiger partial charge in [-0.15, -0.1) is 11.3 Å². The third-order valence-electron chi connectivity index (χ3n) is 7.48.